The average molecular weight is 303 g/mol. The van der Waals surface area contributed by atoms with Crippen molar-refractivity contribution in [3.05, 3.63) is 70.2 Å². The van der Waals surface area contributed by atoms with Gasteiger partial charge < -0.3 is 10.2 Å². The molecule has 0 atom stereocenters. The first kappa shape index (κ1) is 15.4. The smallest absolute Gasteiger partial charge is 0.317 e. The van der Waals surface area contributed by atoms with Crippen LogP contribution < -0.4 is 5.32 Å². The molecule has 0 radical (unpaired) electrons. The standard InChI is InChI=1S/C17H19ClN2O/c1-13-3-5-14(6-4-13)11-19-17(21)20(2)12-15-7-9-16(18)10-8-15/h3-10H,11-12H2,1-2H3,(H,19,21). The van der Waals surface area contributed by atoms with Crippen LogP contribution in [0.3, 0.4) is 0 Å². The summed E-state index contributed by atoms with van der Waals surface area (Å²) in [5, 5.41) is 3.61. The minimum absolute atomic E-state index is 0.0921. The number of hydrogen-bond acceptors (Lipinski definition) is 1. The van der Waals surface area contributed by atoms with E-state index in [0.717, 1.165) is 11.1 Å². The van der Waals surface area contributed by atoms with Crippen molar-refractivity contribution in [1.82, 2.24) is 10.2 Å². The Balaban J connectivity index is 1.84. The Morgan fingerprint density at radius 3 is 2.24 bits per heavy atom. The molecule has 2 aromatic rings. The Morgan fingerprint density at radius 2 is 1.62 bits per heavy atom. The lowest BCUT2D eigenvalue weighted by atomic mass is 10.1. The molecule has 0 heterocycles. The molecule has 4 heteroatoms. The van der Waals surface area contributed by atoms with Crippen molar-refractivity contribution in [2.45, 2.75) is 20.0 Å². The molecule has 2 rings (SSSR count). The molecule has 110 valence electrons. The van der Waals surface area contributed by atoms with Gasteiger partial charge in [-0.15, -0.1) is 0 Å². The van der Waals surface area contributed by atoms with Crippen molar-refractivity contribution in [2.24, 2.45) is 0 Å². The quantitative estimate of drug-likeness (QED) is 0.910. The van der Waals surface area contributed by atoms with Gasteiger partial charge in [-0.1, -0.05) is 53.6 Å². The molecule has 0 bridgehead atoms. The number of aryl methyl sites for hydroxylation is 1. The molecule has 0 aliphatic carbocycles. The van der Waals surface area contributed by atoms with Crippen LogP contribution >= 0.6 is 11.6 Å². The van der Waals surface area contributed by atoms with Crippen molar-refractivity contribution in [3.63, 3.8) is 0 Å². The van der Waals surface area contributed by atoms with Crippen LogP contribution in [0.1, 0.15) is 16.7 Å². The molecule has 0 aromatic heterocycles. The summed E-state index contributed by atoms with van der Waals surface area (Å²) in [6, 6.07) is 15.5. The molecule has 3 nitrogen and oxygen atoms in total. The second-order valence-electron chi connectivity index (χ2n) is 5.13. The van der Waals surface area contributed by atoms with Crippen molar-refractivity contribution < 1.29 is 4.79 Å². The molecule has 2 amide bonds. The molecule has 0 aliphatic rings. The largest absolute Gasteiger partial charge is 0.334 e. The lowest BCUT2D eigenvalue weighted by molar-refractivity contribution is 0.206. The highest BCUT2D eigenvalue weighted by Crippen LogP contribution is 2.11. The highest BCUT2D eigenvalue weighted by atomic mass is 35.5. The van der Waals surface area contributed by atoms with Gasteiger partial charge in [0.25, 0.3) is 0 Å². The van der Waals surface area contributed by atoms with E-state index in [9.17, 15) is 4.79 Å². The highest BCUT2D eigenvalue weighted by molar-refractivity contribution is 6.30. The number of benzene rings is 2. The number of nitrogens with one attached hydrogen (secondary N) is 1. The third-order valence-electron chi connectivity index (χ3n) is 3.24. The van der Waals surface area contributed by atoms with E-state index in [2.05, 4.69) is 5.32 Å². The molecule has 0 unspecified atom stereocenters. The van der Waals surface area contributed by atoms with Gasteiger partial charge in [0.1, 0.15) is 0 Å². The third-order valence-corrected chi connectivity index (χ3v) is 3.50. The molecular formula is C17H19ClN2O. The molecule has 0 fully saturated rings. The van der Waals surface area contributed by atoms with Gasteiger partial charge in [-0.2, -0.15) is 0 Å². The summed E-state index contributed by atoms with van der Waals surface area (Å²) in [5.41, 5.74) is 3.35. The molecule has 21 heavy (non-hydrogen) atoms. The molecule has 1 N–H and O–H groups in total. The number of nitrogens with zero attached hydrogens (tertiary/aromatic N) is 1. The summed E-state index contributed by atoms with van der Waals surface area (Å²) in [7, 11) is 1.78. The Bertz CT molecular complexity index is 593. The van der Waals surface area contributed by atoms with E-state index in [-0.39, 0.29) is 6.03 Å². The zero-order valence-corrected chi connectivity index (χ0v) is 13.0. The van der Waals surface area contributed by atoms with Crippen molar-refractivity contribution in [1.29, 1.82) is 0 Å². The van der Waals surface area contributed by atoms with Crippen molar-refractivity contribution in [3.8, 4) is 0 Å². The van der Waals surface area contributed by atoms with Crippen molar-refractivity contribution in [2.75, 3.05) is 7.05 Å². The number of hydrogen-bond donors (Lipinski definition) is 1. The molecule has 0 saturated heterocycles. The first-order chi connectivity index (χ1) is 10.0. The zero-order chi connectivity index (χ0) is 15.2. The summed E-state index contributed by atoms with van der Waals surface area (Å²) in [4.78, 5) is 13.7. The Hall–Kier alpha value is -2.00. The van der Waals surface area contributed by atoms with E-state index < -0.39 is 0 Å². The topological polar surface area (TPSA) is 32.3 Å². The first-order valence-corrected chi connectivity index (χ1v) is 7.21. The van der Waals surface area contributed by atoms with Gasteiger partial charge in [0.05, 0.1) is 0 Å². The van der Waals surface area contributed by atoms with Gasteiger partial charge in [-0.05, 0) is 30.2 Å². The predicted molar refractivity (Wildman–Crippen MR) is 86.3 cm³/mol. The zero-order valence-electron chi connectivity index (χ0n) is 12.3. The third kappa shape index (κ3) is 4.80. The number of amides is 2. The lowest BCUT2D eigenvalue weighted by Gasteiger charge is -2.18. The van der Waals surface area contributed by atoms with Gasteiger partial charge in [-0.25, -0.2) is 4.79 Å². The summed E-state index contributed by atoms with van der Waals surface area (Å²) in [6.45, 7) is 3.13. The van der Waals surface area contributed by atoms with Gasteiger partial charge in [-0.3, -0.25) is 0 Å². The van der Waals surface area contributed by atoms with Crippen LogP contribution in [0.25, 0.3) is 0 Å². The summed E-state index contributed by atoms with van der Waals surface area (Å²) in [6.07, 6.45) is 0. The second kappa shape index (κ2) is 7.14. The highest BCUT2D eigenvalue weighted by Gasteiger charge is 2.08. The van der Waals surface area contributed by atoms with Crippen molar-refractivity contribution >= 4 is 17.6 Å². The van der Waals surface area contributed by atoms with Crippen LogP contribution in [0.2, 0.25) is 5.02 Å². The lowest BCUT2D eigenvalue weighted by Crippen LogP contribution is -2.36. The maximum absolute atomic E-state index is 12.0. The average Bonchev–Trinajstić information content (AvgIpc) is 2.48. The minimum atomic E-state index is -0.0921. The number of carbonyl (C=O) groups excluding carboxylic acids is 1. The van der Waals surface area contributed by atoms with Crippen LogP contribution in [0.5, 0.6) is 0 Å². The van der Waals surface area contributed by atoms with E-state index in [1.807, 2.05) is 55.5 Å². The van der Waals surface area contributed by atoms with E-state index in [1.165, 1.54) is 5.56 Å². The van der Waals surface area contributed by atoms with Crippen LogP contribution in [0.15, 0.2) is 48.5 Å². The number of carbonyl (C=O) groups is 1. The van der Waals surface area contributed by atoms with E-state index in [1.54, 1.807) is 11.9 Å². The van der Waals surface area contributed by atoms with Gasteiger partial charge in [0, 0.05) is 25.2 Å². The summed E-state index contributed by atoms with van der Waals surface area (Å²) < 4.78 is 0. The fourth-order valence-electron chi connectivity index (χ4n) is 1.95. The van der Waals surface area contributed by atoms with Crippen LogP contribution in [0, 0.1) is 6.92 Å². The van der Waals surface area contributed by atoms with E-state index >= 15 is 0 Å². The normalized spacial score (nSPS) is 10.2. The second-order valence-corrected chi connectivity index (χ2v) is 5.56. The fourth-order valence-corrected chi connectivity index (χ4v) is 2.08. The predicted octanol–water partition coefficient (Wildman–Crippen LogP) is 3.99. The number of halogens is 1. The molecule has 0 saturated carbocycles. The van der Waals surface area contributed by atoms with Crippen LogP contribution in [-0.4, -0.2) is 18.0 Å². The van der Waals surface area contributed by atoms with E-state index in [4.69, 9.17) is 11.6 Å². The first-order valence-electron chi connectivity index (χ1n) is 6.83. The Labute approximate surface area is 130 Å². The number of rotatable bonds is 4. The van der Waals surface area contributed by atoms with Gasteiger partial charge in [0.2, 0.25) is 0 Å². The Morgan fingerprint density at radius 1 is 1.05 bits per heavy atom. The van der Waals surface area contributed by atoms with Crippen LogP contribution in [0.4, 0.5) is 4.79 Å². The fraction of sp³-hybridized carbons (Fsp3) is 0.235. The summed E-state index contributed by atoms with van der Waals surface area (Å²) in [5.74, 6) is 0. The van der Waals surface area contributed by atoms with Crippen LogP contribution in [-0.2, 0) is 13.1 Å². The van der Waals surface area contributed by atoms with Gasteiger partial charge in [0.15, 0.2) is 0 Å². The molecule has 0 aliphatic heterocycles. The molecular weight excluding hydrogens is 284 g/mol. The minimum Gasteiger partial charge on any atom is -0.334 e. The van der Waals surface area contributed by atoms with E-state index in [0.29, 0.717) is 18.1 Å². The SMILES string of the molecule is Cc1ccc(CNC(=O)N(C)Cc2ccc(Cl)cc2)cc1. The Kier molecular flexibility index (Phi) is 5.23. The summed E-state index contributed by atoms with van der Waals surface area (Å²) >= 11 is 5.85. The maximum atomic E-state index is 12.0. The molecule has 0 spiro atoms. The monoisotopic (exact) mass is 302 g/mol. The number of urea groups is 1. The maximum Gasteiger partial charge on any atom is 0.317 e. The molecule has 2 aromatic carbocycles. The van der Waals surface area contributed by atoms with Gasteiger partial charge >= 0.3 is 6.03 Å².